The third-order valence-corrected chi connectivity index (χ3v) is 5.65. The van der Waals surface area contributed by atoms with Gasteiger partial charge in [-0.15, -0.1) is 18.0 Å². The SMILES string of the molecule is C#C/C=C\[C@H](Cl)[C@H]1C2CC3O/C(=C(\Br)CC)[C@@H]1C3O2. The molecular formula is C15H16BrClO2. The molecule has 0 saturated carbocycles. The van der Waals surface area contributed by atoms with Gasteiger partial charge in [0.25, 0.3) is 0 Å². The monoisotopic (exact) mass is 342 g/mol. The van der Waals surface area contributed by atoms with Crippen molar-refractivity contribution in [2.75, 3.05) is 0 Å². The van der Waals surface area contributed by atoms with Gasteiger partial charge in [-0.1, -0.05) is 34.9 Å². The van der Waals surface area contributed by atoms with Gasteiger partial charge in [0.2, 0.25) is 0 Å². The fraction of sp³-hybridized carbons (Fsp3) is 0.600. The Balaban J connectivity index is 1.91. The summed E-state index contributed by atoms with van der Waals surface area (Å²) in [4.78, 5) is 0. The maximum absolute atomic E-state index is 6.51. The molecule has 3 unspecified atom stereocenters. The molecular weight excluding hydrogens is 328 g/mol. The molecule has 6 atom stereocenters. The van der Waals surface area contributed by atoms with Crippen molar-refractivity contribution in [3.63, 3.8) is 0 Å². The lowest BCUT2D eigenvalue weighted by atomic mass is 9.77. The number of allylic oxidation sites excluding steroid dienone is 3. The van der Waals surface area contributed by atoms with Crippen molar-refractivity contribution in [2.24, 2.45) is 11.8 Å². The molecule has 0 N–H and O–H groups in total. The van der Waals surface area contributed by atoms with Crippen molar-refractivity contribution in [2.45, 2.75) is 43.5 Å². The van der Waals surface area contributed by atoms with Gasteiger partial charge in [-0.3, -0.25) is 0 Å². The Kier molecular flexibility index (Phi) is 3.68. The first-order valence-electron chi connectivity index (χ1n) is 6.64. The highest BCUT2D eigenvalue weighted by molar-refractivity contribution is 9.11. The van der Waals surface area contributed by atoms with E-state index >= 15 is 0 Å². The first-order valence-corrected chi connectivity index (χ1v) is 7.87. The number of terminal acetylenes is 1. The second-order valence-electron chi connectivity index (χ2n) is 5.23. The van der Waals surface area contributed by atoms with Crippen molar-refractivity contribution in [1.29, 1.82) is 0 Å². The Morgan fingerprint density at radius 2 is 2.42 bits per heavy atom. The predicted molar refractivity (Wildman–Crippen MR) is 79.0 cm³/mol. The molecule has 2 bridgehead atoms. The van der Waals surface area contributed by atoms with Gasteiger partial charge < -0.3 is 9.47 Å². The van der Waals surface area contributed by atoms with E-state index in [4.69, 9.17) is 27.5 Å². The second kappa shape index (κ2) is 5.16. The quantitative estimate of drug-likeness (QED) is 0.576. The summed E-state index contributed by atoms with van der Waals surface area (Å²) < 4.78 is 13.2. The van der Waals surface area contributed by atoms with E-state index in [2.05, 4.69) is 28.8 Å². The van der Waals surface area contributed by atoms with Gasteiger partial charge in [0.15, 0.2) is 0 Å². The third kappa shape index (κ3) is 2.05. The number of hydrogen-bond donors (Lipinski definition) is 0. The molecule has 0 aliphatic carbocycles. The van der Waals surface area contributed by atoms with E-state index in [0.717, 1.165) is 23.1 Å². The molecule has 0 aromatic heterocycles. The second-order valence-corrected chi connectivity index (χ2v) is 6.69. The van der Waals surface area contributed by atoms with E-state index in [0.29, 0.717) is 0 Å². The van der Waals surface area contributed by atoms with Crippen molar-refractivity contribution in [3.05, 3.63) is 22.4 Å². The number of rotatable bonds is 3. The molecule has 0 spiro atoms. The number of fused-ring (bicyclic) bond motifs is 1. The van der Waals surface area contributed by atoms with Crippen LogP contribution in [0.15, 0.2) is 22.4 Å². The molecule has 3 saturated heterocycles. The summed E-state index contributed by atoms with van der Waals surface area (Å²) in [6.07, 6.45) is 11.3. The van der Waals surface area contributed by atoms with Crippen molar-refractivity contribution in [3.8, 4) is 12.3 Å². The minimum atomic E-state index is -0.106. The minimum Gasteiger partial charge on any atom is -0.491 e. The maximum atomic E-state index is 6.51. The number of hydrogen-bond acceptors (Lipinski definition) is 2. The number of halogens is 2. The molecule has 3 aliphatic heterocycles. The third-order valence-electron chi connectivity index (χ3n) is 4.26. The topological polar surface area (TPSA) is 18.5 Å². The Hall–Kier alpha value is -0.430. The molecule has 3 fully saturated rings. The predicted octanol–water partition coefficient (Wildman–Crippen LogP) is 3.60. The molecule has 0 aromatic rings. The largest absolute Gasteiger partial charge is 0.491 e. The van der Waals surface area contributed by atoms with Gasteiger partial charge >= 0.3 is 0 Å². The van der Waals surface area contributed by atoms with Crippen molar-refractivity contribution >= 4 is 27.5 Å². The van der Waals surface area contributed by atoms with Crippen LogP contribution in [0.3, 0.4) is 0 Å². The fourth-order valence-corrected chi connectivity index (χ4v) is 4.25. The van der Waals surface area contributed by atoms with Gasteiger partial charge in [-0.05, 0) is 12.5 Å². The zero-order valence-corrected chi connectivity index (χ0v) is 13.0. The van der Waals surface area contributed by atoms with Crippen LogP contribution in [0.5, 0.6) is 0 Å². The van der Waals surface area contributed by atoms with Crippen LogP contribution in [0, 0.1) is 24.2 Å². The molecule has 102 valence electrons. The fourth-order valence-electron chi connectivity index (χ4n) is 3.50. The summed E-state index contributed by atoms with van der Waals surface area (Å²) in [7, 11) is 0. The van der Waals surface area contributed by atoms with E-state index in [1.54, 1.807) is 6.08 Å². The standard InChI is InChI=1S/C15H16BrClO2/c1-3-5-6-9(17)12-10-7-11-15(18-10)13(12)14(19-11)8(16)4-2/h1,5-6,9-13,15H,4,7H2,2H3/b6-5-,14-8-/t9-,10?,11?,12-,13+,15?/m0/s1. The number of alkyl halides is 1. The van der Waals surface area contributed by atoms with Crippen molar-refractivity contribution in [1.82, 2.24) is 0 Å². The Morgan fingerprint density at radius 1 is 1.63 bits per heavy atom. The first kappa shape index (κ1) is 13.5. The van der Waals surface area contributed by atoms with Gasteiger partial charge in [-0.2, -0.15) is 0 Å². The average molecular weight is 344 g/mol. The Labute approximate surface area is 127 Å². The van der Waals surface area contributed by atoms with E-state index in [-0.39, 0.29) is 35.5 Å². The molecule has 2 nitrogen and oxygen atoms in total. The normalized spacial score (nSPS) is 43.4. The molecule has 3 heterocycles. The van der Waals surface area contributed by atoms with Crippen LogP contribution in [0.2, 0.25) is 0 Å². The van der Waals surface area contributed by atoms with Crippen LogP contribution in [0.1, 0.15) is 19.8 Å². The van der Waals surface area contributed by atoms with E-state index in [9.17, 15) is 0 Å². The van der Waals surface area contributed by atoms with Crippen LogP contribution in [-0.2, 0) is 9.47 Å². The summed E-state index contributed by atoms with van der Waals surface area (Å²) in [6.45, 7) is 2.11. The summed E-state index contributed by atoms with van der Waals surface area (Å²) >= 11 is 10.1. The van der Waals surface area contributed by atoms with Crippen LogP contribution in [-0.4, -0.2) is 23.7 Å². The molecule has 3 rings (SSSR count). The Morgan fingerprint density at radius 3 is 3.11 bits per heavy atom. The van der Waals surface area contributed by atoms with E-state index in [1.165, 1.54) is 0 Å². The van der Waals surface area contributed by atoms with Crippen LogP contribution in [0.25, 0.3) is 0 Å². The molecule has 0 amide bonds. The summed E-state index contributed by atoms with van der Waals surface area (Å²) in [6, 6.07) is 0. The zero-order valence-electron chi connectivity index (χ0n) is 10.7. The van der Waals surface area contributed by atoms with Gasteiger partial charge in [0, 0.05) is 16.8 Å². The lowest BCUT2D eigenvalue weighted by Gasteiger charge is -2.25. The van der Waals surface area contributed by atoms with Crippen LogP contribution < -0.4 is 0 Å². The molecule has 3 aliphatic rings. The molecule has 4 heteroatoms. The Bertz CT molecular complexity index is 477. The summed E-state index contributed by atoms with van der Waals surface area (Å²) in [5, 5.41) is -0.106. The highest BCUT2D eigenvalue weighted by atomic mass is 79.9. The minimum absolute atomic E-state index is 0.106. The van der Waals surface area contributed by atoms with Crippen LogP contribution in [0.4, 0.5) is 0 Å². The highest BCUT2D eigenvalue weighted by Crippen LogP contribution is 2.56. The molecule has 0 radical (unpaired) electrons. The van der Waals surface area contributed by atoms with Crippen molar-refractivity contribution < 1.29 is 9.47 Å². The maximum Gasteiger partial charge on any atom is 0.128 e. The highest BCUT2D eigenvalue weighted by Gasteiger charge is 2.63. The molecule has 0 aromatic carbocycles. The lowest BCUT2D eigenvalue weighted by Crippen LogP contribution is -2.34. The average Bonchev–Trinajstić information content (AvgIpc) is 3.02. The van der Waals surface area contributed by atoms with E-state index in [1.807, 2.05) is 6.08 Å². The van der Waals surface area contributed by atoms with E-state index < -0.39 is 0 Å². The summed E-state index contributed by atoms with van der Waals surface area (Å²) in [5.74, 6) is 4.06. The first-order chi connectivity index (χ1) is 9.17. The lowest BCUT2D eigenvalue weighted by molar-refractivity contribution is 0.0690. The zero-order chi connectivity index (χ0) is 13.6. The number of ether oxygens (including phenoxy) is 2. The van der Waals surface area contributed by atoms with Gasteiger partial charge in [0.05, 0.1) is 17.4 Å². The smallest absolute Gasteiger partial charge is 0.128 e. The summed E-state index contributed by atoms with van der Waals surface area (Å²) in [5.41, 5.74) is 0. The van der Waals surface area contributed by atoms with Crippen LogP contribution >= 0.6 is 27.5 Å². The van der Waals surface area contributed by atoms with Gasteiger partial charge in [0.1, 0.15) is 18.0 Å². The van der Waals surface area contributed by atoms with Gasteiger partial charge in [-0.25, -0.2) is 0 Å². The molecule has 19 heavy (non-hydrogen) atoms.